The molecule has 0 spiro atoms. The predicted octanol–water partition coefficient (Wildman–Crippen LogP) is 1.16. The van der Waals surface area contributed by atoms with E-state index < -0.39 is 5.97 Å². The molecule has 1 amide bonds. The van der Waals surface area contributed by atoms with Gasteiger partial charge in [0.1, 0.15) is 5.82 Å². The number of H-pyrrole nitrogens is 1. The molecule has 0 fully saturated rings. The lowest BCUT2D eigenvalue weighted by atomic mass is 10.2. The molecule has 2 atom stereocenters. The number of aromatic amines is 1. The zero-order valence-corrected chi connectivity index (χ0v) is 12.9. The average molecular weight is 300 g/mol. The molecule has 2 N–H and O–H groups in total. The van der Waals surface area contributed by atoms with Crippen molar-refractivity contribution in [2.45, 2.75) is 26.8 Å². The molecule has 0 aliphatic rings. The maximum absolute atomic E-state index is 11.9. The van der Waals surface area contributed by atoms with Gasteiger partial charge in [0.05, 0.1) is 12.6 Å². The van der Waals surface area contributed by atoms with Crippen LogP contribution in [0.4, 0.5) is 0 Å². The first kappa shape index (κ1) is 16.5. The molecule has 0 bridgehead atoms. The molecule has 20 heavy (non-hydrogen) atoms. The Morgan fingerprint density at radius 2 is 2.15 bits per heavy atom. The van der Waals surface area contributed by atoms with Gasteiger partial charge in [-0.25, -0.2) is 9.78 Å². The van der Waals surface area contributed by atoms with Gasteiger partial charge in [0.25, 0.3) is 5.82 Å². The van der Waals surface area contributed by atoms with Gasteiger partial charge in [-0.1, -0.05) is 6.92 Å². The molecule has 1 aromatic rings. The average Bonchev–Trinajstić information content (AvgIpc) is 2.89. The quantitative estimate of drug-likeness (QED) is 0.733. The summed E-state index contributed by atoms with van der Waals surface area (Å²) in [6.07, 6.45) is 1.95. The van der Waals surface area contributed by atoms with E-state index >= 15 is 0 Å². The Morgan fingerprint density at radius 1 is 1.45 bits per heavy atom. The SMILES string of the molecule is CCOC(=O)c1n[nH]c(C(C)NC(=O)C(C)CSC)n1. The molecule has 0 radical (unpaired) electrons. The number of carbonyl (C=O) groups excluding carboxylic acids is 2. The van der Waals surface area contributed by atoms with E-state index in [9.17, 15) is 9.59 Å². The van der Waals surface area contributed by atoms with Crippen LogP contribution in [0.3, 0.4) is 0 Å². The zero-order valence-electron chi connectivity index (χ0n) is 12.1. The molecule has 1 heterocycles. The van der Waals surface area contributed by atoms with E-state index in [1.807, 2.05) is 13.2 Å². The van der Waals surface area contributed by atoms with Gasteiger partial charge in [-0.2, -0.15) is 11.8 Å². The molecule has 112 valence electrons. The fraction of sp³-hybridized carbons (Fsp3) is 0.667. The first-order chi connectivity index (χ1) is 9.49. The number of nitrogens with zero attached hydrogens (tertiary/aromatic N) is 2. The Hall–Kier alpha value is -1.57. The van der Waals surface area contributed by atoms with Gasteiger partial charge < -0.3 is 10.1 Å². The summed E-state index contributed by atoms with van der Waals surface area (Å²) >= 11 is 1.62. The first-order valence-electron chi connectivity index (χ1n) is 6.38. The molecule has 0 saturated heterocycles. The van der Waals surface area contributed by atoms with Crippen LogP contribution in [0, 0.1) is 5.92 Å². The minimum absolute atomic E-state index is 0.0277. The van der Waals surface area contributed by atoms with Crippen LogP contribution < -0.4 is 5.32 Å². The van der Waals surface area contributed by atoms with Crippen molar-refractivity contribution >= 4 is 23.6 Å². The Morgan fingerprint density at radius 3 is 2.75 bits per heavy atom. The minimum atomic E-state index is -0.579. The molecule has 0 saturated carbocycles. The smallest absolute Gasteiger partial charge is 0.378 e. The summed E-state index contributed by atoms with van der Waals surface area (Å²) in [6.45, 7) is 5.62. The van der Waals surface area contributed by atoms with Crippen LogP contribution >= 0.6 is 11.8 Å². The van der Waals surface area contributed by atoms with Gasteiger partial charge in [-0.3, -0.25) is 9.89 Å². The number of hydrogen-bond acceptors (Lipinski definition) is 6. The number of thioether (sulfide) groups is 1. The highest BCUT2D eigenvalue weighted by molar-refractivity contribution is 7.98. The zero-order chi connectivity index (χ0) is 15.1. The molecule has 2 unspecified atom stereocenters. The largest absolute Gasteiger partial charge is 0.460 e. The Labute approximate surface area is 122 Å². The van der Waals surface area contributed by atoms with Gasteiger partial charge >= 0.3 is 5.97 Å². The molecule has 0 aliphatic heterocycles. The van der Waals surface area contributed by atoms with E-state index in [0.717, 1.165) is 5.75 Å². The van der Waals surface area contributed by atoms with Crippen molar-refractivity contribution in [1.82, 2.24) is 20.5 Å². The summed E-state index contributed by atoms with van der Waals surface area (Å²) in [5.74, 6) is 0.436. The molecular weight excluding hydrogens is 280 g/mol. The number of ether oxygens (including phenoxy) is 1. The minimum Gasteiger partial charge on any atom is -0.460 e. The second-order valence-corrected chi connectivity index (χ2v) is 5.26. The summed E-state index contributed by atoms with van der Waals surface area (Å²) in [5, 5.41) is 9.24. The number of amides is 1. The van der Waals surface area contributed by atoms with Crippen LogP contribution in [0.15, 0.2) is 0 Å². The van der Waals surface area contributed by atoms with E-state index in [1.54, 1.807) is 25.6 Å². The topological polar surface area (TPSA) is 97.0 Å². The van der Waals surface area contributed by atoms with E-state index in [4.69, 9.17) is 4.74 Å². The van der Waals surface area contributed by atoms with Crippen LogP contribution in [-0.2, 0) is 9.53 Å². The van der Waals surface area contributed by atoms with Crippen molar-refractivity contribution in [2.24, 2.45) is 5.92 Å². The van der Waals surface area contributed by atoms with Crippen LogP contribution in [0.5, 0.6) is 0 Å². The molecule has 1 aromatic heterocycles. The molecule has 7 nitrogen and oxygen atoms in total. The molecule has 1 rings (SSSR count). The molecular formula is C12H20N4O3S. The summed E-state index contributed by atoms with van der Waals surface area (Å²) < 4.78 is 4.80. The van der Waals surface area contributed by atoms with E-state index in [2.05, 4.69) is 20.5 Å². The molecule has 8 heteroatoms. The lowest BCUT2D eigenvalue weighted by Crippen LogP contribution is -2.33. The van der Waals surface area contributed by atoms with Crippen molar-refractivity contribution in [1.29, 1.82) is 0 Å². The lowest BCUT2D eigenvalue weighted by Gasteiger charge is -2.14. The third-order valence-corrected chi connectivity index (χ3v) is 3.43. The summed E-state index contributed by atoms with van der Waals surface area (Å²) in [5.41, 5.74) is 0. The van der Waals surface area contributed by atoms with E-state index in [-0.39, 0.29) is 30.3 Å². The second kappa shape index (κ2) is 7.88. The number of esters is 1. The van der Waals surface area contributed by atoms with E-state index in [1.165, 1.54) is 0 Å². The Kier molecular flexibility index (Phi) is 6.50. The summed E-state index contributed by atoms with van der Waals surface area (Å²) in [4.78, 5) is 27.3. The second-order valence-electron chi connectivity index (χ2n) is 4.35. The van der Waals surface area contributed by atoms with Crippen molar-refractivity contribution < 1.29 is 14.3 Å². The van der Waals surface area contributed by atoms with Crippen LogP contribution in [0.2, 0.25) is 0 Å². The normalized spacial score (nSPS) is 13.6. The number of aromatic nitrogens is 3. The van der Waals surface area contributed by atoms with Crippen molar-refractivity contribution in [3.05, 3.63) is 11.6 Å². The Balaban J connectivity index is 2.62. The molecule has 0 aromatic carbocycles. The van der Waals surface area contributed by atoms with E-state index in [0.29, 0.717) is 5.82 Å². The number of rotatable bonds is 7. The van der Waals surface area contributed by atoms with Crippen molar-refractivity contribution in [3.63, 3.8) is 0 Å². The third-order valence-electron chi connectivity index (χ3n) is 2.59. The fourth-order valence-corrected chi connectivity index (χ4v) is 2.16. The summed E-state index contributed by atoms with van der Waals surface area (Å²) in [6, 6.07) is -0.345. The van der Waals surface area contributed by atoms with Gasteiger partial charge in [0.15, 0.2) is 0 Å². The van der Waals surface area contributed by atoms with Gasteiger partial charge in [-0.15, -0.1) is 5.10 Å². The highest BCUT2D eigenvalue weighted by Crippen LogP contribution is 2.10. The number of carbonyl (C=O) groups is 2. The van der Waals surface area contributed by atoms with Crippen LogP contribution in [0.25, 0.3) is 0 Å². The number of nitrogens with one attached hydrogen (secondary N) is 2. The fourth-order valence-electron chi connectivity index (χ4n) is 1.50. The third kappa shape index (κ3) is 4.52. The van der Waals surface area contributed by atoms with Crippen molar-refractivity contribution in [2.75, 3.05) is 18.6 Å². The van der Waals surface area contributed by atoms with Crippen LogP contribution in [-0.4, -0.2) is 45.7 Å². The monoisotopic (exact) mass is 300 g/mol. The number of hydrogen-bond donors (Lipinski definition) is 2. The predicted molar refractivity (Wildman–Crippen MR) is 76.4 cm³/mol. The highest BCUT2D eigenvalue weighted by atomic mass is 32.2. The van der Waals surface area contributed by atoms with Crippen molar-refractivity contribution in [3.8, 4) is 0 Å². The first-order valence-corrected chi connectivity index (χ1v) is 7.77. The maximum Gasteiger partial charge on any atom is 0.378 e. The van der Waals surface area contributed by atoms with Gasteiger partial charge in [0.2, 0.25) is 5.91 Å². The van der Waals surface area contributed by atoms with Gasteiger partial charge in [-0.05, 0) is 20.1 Å². The standard InChI is InChI=1S/C12H20N4O3S/c1-5-19-12(18)10-14-9(15-16-10)8(3)13-11(17)7(2)6-20-4/h7-8H,5-6H2,1-4H3,(H,13,17)(H,14,15,16). The highest BCUT2D eigenvalue weighted by Gasteiger charge is 2.20. The Bertz CT molecular complexity index is 463. The van der Waals surface area contributed by atoms with Crippen LogP contribution in [0.1, 0.15) is 43.3 Å². The molecule has 0 aliphatic carbocycles. The lowest BCUT2D eigenvalue weighted by molar-refractivity contribution is -0.124. The summed E-state index contributed by atoms with van der Waals surface area (Å²) in [7, 11) is 0. The maximum atomic E-state index is 11.9. The van der Waals surface area contributed by atoms with Gasteiger partial charge in [0, 0.05) is 11.7 Å².